The fraction of sp³-hybridized carbons (Fsp3) is 0.294. The Bertz CT molecular complexity index is 539. The highest BCUT2D eigenvalue weighted by molar-refractivity contribution is 7.98. The monoisotopic (exact) mass is 287 g/mol. The molecule has 0 saturated carbocycles. The number of thioether (sulfide) groups is 1. The van der Waals surface area contributed by atoms with Gasteiger partial charge >= 0.3 is 0 Å². The molecule has 3 heteroatoms. The van der Waals surface area contributed by atoms with E-state index >= 15 is 0 Å². The first-order chi connectivity index (χ1) is 9.72. The van der Waals surface area contributed by atoms with E-state index in [-0.39, 0.29) is 6.04 Å². The van der Waals surface area contributed by atoms with Crippen LogP contribution in [0.25, 0.3) is 0 Å². The van der Waals surface area contributed by atoms with E-state index in [2.05, 4.69) is 54.9 Å². The molecule has 0 saturated heterocycles. The Kier molecular flexibility index (Phi) is 5.36. The van der Waals surface area contributed by atoms with E-state index in [0.717, 1.165) is 11.4 Å². The topological polar surface area (TPSA) is 21.3 Å². The quantitative estimate of drug-likeness (QED) is 0.757. The summed E-state index contributed by atoms with van der Waals surface area (Å²) in [6.07, 6.45) is 2.09. The average molecular weight is 287 g/mol. The van der Waals surface area contributed by atoms with Crippen molar-refractivity contribution in [2.45, 2.75) is 24.8 Å². The molecule has 2 aromatic carbocycles. The summed E-state index contributed by atoms with van der Waals surface area (Å²) in [6.45, 7) is 4.87. The van der Waals surface area contributed by atoms with Gasteiger partial charge in [-0.05, 0) is 56.0 Å². The van der Waals surface area contributed by atoms with Gasteiger partial charge in [0.2, 0.25) is 0 Å². The van der Waals surface area contributed by atoms with Gasteiger partial charge in [0.25, 0.3) is 0 Å². The molecule has 20 heavy (non-hydrogen) atoms. The second-order valence-electron chi connectivity index (χ2n) is 4.60. The van der Waals surface area contributed by atoms with Crippen molar-refractivity contribution < 1.29 is 4.74 Å². The van der Waals surface area contributed by atoms with Crippen molar-refractivity contribution in [3.05, 3.63) is 54.1 Å². The molecule has 0 spiro atoms. The number of benzene rings is 2. The van der Waals surface area contributed by atoms with Crippen molar-refractivity contribution in [3.63, 3.8) is 0 Å². The van der Waals surface area contributed by atoms with E-state index in [1.165, 1.54) is 10.5 Å². The minimum Gasteiger partial charge on any atom is -0.494 e. The minimum absolute atomic E-state index is 0.266. The van der Waals surface area contributed by atoms with Crippen LogP contribution >= 0.6 is 11.8 Å². The smallest absolute Gasteiger partial charge is 0.119 e. The Hall–Kier alpha value is -1.61. The van der Waals surface area contributed by atoms with Crippen LogP contribution in [0.15, 0.2) is 53.4 Å². The van der Waals surface area contributed by atoms with Crippen molar-refractivity contribution in [3.8, 4) is 5.75 Å². The molecule has 2 aromatic rings. The number of hydrogen-bond acceptors (Lipinski definition) is 3. The molecular formula is C17H21NOS. The van der Waals surface area contributed by atoms with Crippen LogP contribution in [-0.4, -0.2) is 12.9 Å². The number of nitrogens with one attached hydrogen (secondary N) is 1. The molecular weight excluding hydrogens is 266 g/mol. The Morgan fingerprint density at radius 2 is 1.90 bits per heavy atom. The Balaban J connectivity index is 2.05. The van der Waals surface area contributed by atoms with E-state index in [9.17, 15) is 0 Å². The second-order valence-corrected chi connectivity index (χ2v) is 5.48. The van der Waals surface area contributed by atoms with Crippen molar-refractivity contribution in [2.24, 2.45) is 0 Å². The standard InChI is InChI=1S/C17H21NOS/c1-4-19-16-10-8-14(9-11-16)13(2)18-15-6-5-7-17(12-15)20-3/h5-13,18H,4H2,1-3H3. The summed E-state index contributed by atoms with van der Waals surface area (Å²) in [5.41, 5.74) is 2.40. The molecule has 1 N–H and O–H groups in total. The van der Waals surface area contributed by atoms with Gasteiger partial charge in [-0.1, -0.05) is 18.2 Å². The van der Waals surface area contributed by atoms with E-state index in [4.69, 9.17) is 4.74 Å². The molecule has 1 atom stereocenters. The lowest BCUT2D eigenvalue weighted by Crippen LogP contribution is -2.06. The molecule has 2 rings (SSSR count). The van der Waals surface area contributed by atoms with Crippen LogP contribution < -0.4 is 10.1 Å². The predicted molar refractivity (Wildman–Crippen MR) is 87.9 cm³/mol. The molecule has 1 unspecified atom stereocenters. The van der Waals surface area contributed by atoms with Gasteiger partial charge < -0.3 is 10.1 Å². The number of anilines is 1. The van der Waals surface area contributed by atoms with Crippen LogP contribution in [0.4, 0.5) is 5.69 Å². The van der Waals surface area contributed by atoms with Gasteiger partial charge in [0.05, 0.1) is 6.61 Å². The van der Waals surface area contributed by atoms with Gasteiger partial charge in [0.15, 0.2) is 0 Å². The maximum Gasteiger partial charge on any atom is 0.119 e. The second kappa shape index (κ2) is 7.25. The normalized spacial score (nSPS) is 11.9. The summed E-state index contributed by atoms with van der Waals surface area (Å²) in [5, 5.41) is 3.53. The summed E-state index contributed by atoms with van der Waals surface area (Å²) >= 11 is 1.76. The van der Waals surface area contributed by atoms with Crippen LogP contribution in [0, 0.1) is 0 Å². The number of rotatable bonds is 6. The lowest BCUT2D eigenvalue weighted by Gasteiger charge is -2.16. The molecule has 0 heterocycles. The average Bonchev–Trinajstić information content (AvgIpc) is 2.48. The van der Waals surface area contributed by atoms with Crippen LogP contribution in [-0.2, 0) is 0 Å². The zero-order valence-electron chi connectivity index (χ0n) is 12.2. The zero-order valence-corrected chi connectivity index (χ0v) is 13.0. The van der Waals surface area contributed by atoms with Gasteiger partial charge in [-0.2, -0.15) is 0 Å². The maximum absolute atomic E-state index is 5.47. The molecule has 2 nitrogen and oxygen atoms in total. The van der Waals surface area contributed by atoms with E-state index in [1.807, 2.05) is 19.1 Å². The Morgan fingerprint density at radius 1 is 1.15 bits per heavy atom. The van der Waals surface area contributed by atoms with E-state index < -0.39 is 0 Å². The highest BCUT2D eigenvalue weighted by Gasteiger charge is 2.06. The van der Waals surface area contributed by atoms with Crippen LogP contribution in [0.1, 0.15) is 25.5 Å². The van der Waals surface area contributed by atoms with Gasteiger partial charge in [0, 0.05) is 16.6 Å². The lowest BCUT2D eigenvalue weighted by molar-refractivity contribution is 0.340. The maximum atomic E-state index is 5.47. The minimum atomic E-state index is 0.266. The van der Waals surface area contributed by atoms with E-state index in [1.54, 1.807) is 11.8 Å². The first-order valence-corrected chi connectivity index (χ1v) is 8.08. The Labute approximate surface area is 125 Å². The van der Waals surface area contributed by atoms with Crippen LogP contribution in [0.2, 0.25) is 0 Å². The summed E-state index contributed by atoms with van der Waals surface area (Å²) in [5.74, 6) is 0.924. The fourth-order valence-electron chi connectivity index (χ4n) is 2.07. The lowest BCUT2D eigenvalue weighted by atomic mass is 10.1. The molecule has 0 aliphatic heterocycles. The Morgan fingerprint density at radius 3 is 2.55 bits per heavy atom. The molecule has 0 aliphatic rings. The van der Waals surface area contributed by atoms with Crippen molar-refractivity contribution in [1.82, 2.24) is 0 Å². The third kappa shape index (κ3) is 3.94. The molecule has 0 bridgehead atoms. The van der Waals surface area contributed by atoms with Crippen LogP contribution in [0.5, 0.6) is 5.75 Å². The summed E-state index contributed by atoms with van der Waals surface area (Å²) < 4.78 is 5.47. The number of ether oxygens (including phenoxy) is 1. The van der Waals surface area contributed by atoms with Gasteiger partial charge in [0.1, 0.15) is 5.75 Å². The van der Waals surface area contributed by atoms with Gasteiger partial charge in [-0.15, -0.1) is 11.8 Å². The largest absolute Gasteiger partial charge is 0.494 e. The molecule has 0 radical (unpaired) electrons. The first kappa shape index (κ1) is 14.8. The SMILES string of the molecule is CCOc1ccc(C(C)Nc2cccc(SC)c2)cc1. The van der Waals surface area contributed by atoms with Crippen molar-refractivity contribution >= 4 is 17.4 Å². The van der Waals surface area contributed by atoms with Crippen LogP contribution in [0.3, 0.4) is 0 Å². The van der Waals surface area contributed by atoms with Crippen molar-refractivity contribution in [2.75, 3.05) is 18.2 Å². The van der Waals surface area contributed by atoms with Crippen molar-refractivity contribution in [1.29, 1.82) is 0 Å². The molecule has 106 valence electrons. The molecule has 0 aromatic heterocycles. The fourth-order valence-corrected chi connectivity index (χ4v) is 2.53. The first-order valence-electron chi connectivity index (χ1n) is 6.86. The third-order valence-corrected chi connectivity index (χ3v) is 3.87. The van der Waals surface area contributed by atoms with Gasteiger partial charge in [-0.3, -0.25) is 0 Å². The summed E-state index contributed by atoms with van der Waals surface area (Å²) in [4.78, 5) is 1.27. The third-order valence-electron chi connectivity index (χ3n) is 3.14. The van der Waals surface area contributed by atoms with E-state index in [0.29, 0.717) is 6.61 Å². The zero-order chi connectivity index (χ0) is 14.4. The van der Waals surface area contributed by atoms with Gasteiger partial charge in [-0.25, -0.2) is 0 Å². The highest BCUT2D eigenvalue weighted by Crippen LogP contribution is 2.24. The summed E-state index contributed by atoms with van der Waals surface area (Å²) in [6, 6.07) is 17.0. The summed E-state index contributed by atoms with van der Waals surface area (Å²) in [7, 11) is 0. The highest BCUT2D eigenvalue weighted by atomic mass is 32.2. The molecule has 0 fully saturated rings. The number of hydrogen-bond donors (Lipinski definition) is 1. The molecule has 0 amide bonds. The predicted octanol–water partition coefficient (Wildman–Crippen LogP) is 4.98. The molecule has 0 aliphatic carbocycles.